The summed E-state index contributed by atoms with van der Waals surface area (Å²) in [7, 11) is 1.67. The highest BCUT2D eigenvalue weighted by Crippen LogP contribution is 2.23. The van der Waals surface area contributed by atoms with Gasteiger partial charge in [-0.15, -0.1) is 0 Å². The van der Waals surface area contributed by atoms with Crippen LogP contribution in [0.25, 0.3) is 22.6 Å². The minimum absolute atomic E-state index is 0.317. The SMILES string of the molecule is CCOc1ccc(-n2c(C)cn3c4c(=O)n(CCCc5ccccc5)c(=O)n(C)c4nc23)cc1. The highest BCUT2D eigenvalue weighted by molar-refractivity contribution is 5.76. The molecule has 0 radical (unpaired) electrons. The number of nitrogens with zero attached hydrogens (tertiary/aromatic N) is 5. The summed E-state index contributed by atoms with van der Waals surface area (Å²) in [6, 6.07) is 17.8. The van der Waals surface area contributed by atoms with Gasteiger partial charge in [-0.1, -0.05) is 30.3 Å². The number of ether oxygens (including phenoxy) is 1. The highest BCUT2D eigenvalue weighted by atomic mass is 16.5. The van der Waals surface area contributed by atoms with Gasteiger partial charge in [-0.25, -0.2) is 4.79 Å². The third-order valence-electron chi connectivity index (χ3n) is 6.12. The molecule has 0 fully saturated rings. The monoisotopic (exact) mass is 457 g/mol. The number of aromatic nitrogens is 5. The van der Waals surface area contributed by atoms with Gasteiger partial charge in [0.15, 0.2) is 11.2 Å². The molecule has 8 nitrogen and oxygen atoms in total. The molecular weight excluding hydrogens is 430 g/mol. The van der Waals surface area contributed by atoms with Crippen molar-refractivity contribution in [2.75, 3.05) is 6.61 Å². The van der Waals surface area contributed by atoms with Gasteiger partial charge >= 0.3 is 5.69 Å². The minimum atomic E-state index is -0.351. The molecular formula is C26H27N5O3. The van der Waals surface area contributed by atoms with Crippen molar-refractivity contribution in [1.82, 2.24) is 23.1 Å². The van der Waals surface area contributed by atoms with E-state index in [9.17, 15) is 9.59 Å². The molecule has 3 heterocycles. The first-order valence-corrected chi connectivity index (χ1v) is 11.5. The predicted molar refractivity (Wildman–Crippen MR) is 132 cm³/mol. The number of benzene rings is 2. The Balaban J connectivity index is 1.58. The number of hydrogen-bond acceptors (Lipinski definition) is 4. The molecule has 5 aromatic rings. The fourth-order valence-corrected chi connectivity index (χ4v) is 4.47. The second-order valence-electron chi connectivity index (χ2n) is 8.37. The van der Waals surface area contributed by atoms with Gasteiger partial charge in [0.2, 0.25) is 5.78 Å². The van der Waals surface area contributed by atoms with Gasteiger partial charge < -0.3 is 4.74 Å². The van der Waals surface area contributed by atoms with Crippen LogP contribution in [-0.4, -0.2) is 29.7 Å². The van der Waals surface area contributed by atoms with Crippen molar-refractivity contribution >= 4 is 16.9 Å². The summed E-state index contributed by atoms with van der Waals surface area (Å²) in [6.07, 6.45) is 3.38. The van der Waals surface area contributed by atoms with Crippen molar-refractivity contribution in [3.8, 4) is 11.4 Å². The van der Waals surface area contributed by atoms with E-state index in [0.717, 1.165) is 23.6 Å². The van der Waals surface area contributed by atoms with Crippen LogP contribution in [0.2, 0.25) is 0 Å². The Bertz CT molecular complexity index is 1590. The maximum Gasteiger partial charge on any atom is 0.332 e. The molecule has 0 unspecified atom stereocenters. The number of rotatable bonds is 7. The molecule has 0 N–H and O–H groups in total. The van der Waals surface area contributed by atoms with E-state index >= 15 is 0 Å². The molecule has 0 spiro atoms. The summed E-state index contributed by atoms with van der Waals surface area (Å²) in [5.41, 5.74) is 3.13. The van der Waals surface area contributed by atoms with E-state index in [4.69, 9.17) is 9.72 Å². The fourth-order valence-electron chi connectivity index (χ4n) is 4.47. The van der Waals surface area contributed by atoms with E-state index in [0.29, 0.717) is 36.5 Å². The minimum Gasteiger partial charge on any atom is -0.494 e. The number of fused-ring (bicyclic) bond motifs is 3. The molecule has 0 aliphatic carbocycles. The topological polar surface area (TPSA) is 75.5 Å². The third-order valence-corrected chi connectivity index (χ3v) is 6.12. The van der Waals surface area contributed by atoms with Crippen LogP contribution in [0.1, 0.15) is 24.6 Å². The quantitative estimate of drug-likeness (QED) is 0.375. The first-order chi connectivity index (χ1) is 16.5. The van der Waals surface area contributed by atoms with Crippen LogP contribution in [0.5, 0.6) is 5.75 Å². The summed E-state index contributed by atoms with van der Waals surface area (Å²) in [5.74, 6) is 1.38. The van der Waals surface area contributed by atoms with Crippen LogP contribution < -0.4 is 16.0 Å². The molecule has 0 amide bonds. The van der Waals surface area contributed by atoms with E-state index in [1.165, 1.54) is 14.7 Å². The van der Waals surface area contributed by atoms with Crippen LogP contribution >= 0.6 is 0 Å². The molecule has 2 aromatic carbocycles. The van der Waals surface area contributed by atoms with Gasteiger partial charge in [-0.05, 0) is 56.5 Å². The summed E-state index contributed by atoms with van der Waals surface area (Å²) in [4.78, 5) is 31.2. The Kier molecular flexibility index (Phi) is 5.57. The van der Waals surface area contributed by atoms with Crippen LogP contribution in [0.15, 0.2) is 70.4 Å². The predicted octanol–water partition coefficient (Wildman–Crippen LogP) is 3.48. The lowest BCUT2D eigenvalue weighted by atomic mass is 10.1. The van der Waals surface area contributed by atoms with Crippen molar-refractivity contribution in [2.24, 2.45) is 7.05 Å². The molecule has 34 heavy (non-hydrogen) atoms. The van der Waals surface area contributed by atoms with Gasteiger partial charge in [0.05, 0.1) is 6.61 Å². The smallest absolute Gasteiger partial charge is 0.332 e. The van der Waals surface area contributed by atoms with Crippen LogP contribution in [0.4, 0.5) is 0 Å². The fraction of sp³-hybridized carbons (Fsp3) is 0.269. The molecule has 8 heteroatoms. The Labute approximate surface area is 196 Å². The van der Waals surface area contributed by atoms with Crippen molar-refractivity contribution in [1.29, 1.82) is 0 Å². The van der Waals surface area contributed by atoms with E-state index in [1.54, 1.807) is 11.4 Å². The summed E-state index contributed by atoms with van der Waals surface area (Å²) < 4.78 is 12.1. The Morgan fingerprint density at radius 2 is 1.74 bits per heavy atom. The van der Waals surface area contributed by atoms with E-state index in [2.05, 4.69) is 12.1 Å². The first kappa shape index (κ1) is 21.8. The molecule has 0 aliphatic heterocycles. The van der Waals surface area contributed by atoms with Crippen molar-refractivity contribution in [3.05, 3.63) is 92.9 Å². The molecule has 174 valence electrons. The summed E-state index contributed by atoms with van der Waals surface area (Å²) in [5, 5.41) is 0. The summed E-state index contributed by atoms with van der Waals surface area (Å²) >= 11 is 0. The Hall–Kier alpha value is -4.07. The van der Waals surface area contributed by atoms with E-state index in [1.807, 2.05) is 67.1 Å². The van der Waals surface area contributed by atoms with Crippen molar-refractivity contribution in [2.45, 2.75) is 33.2 Å². The van der Waals surface area contributed by atoms with Gasteiger partial charge in [0.25, 0.3) is 5.56 Å². The second kappa shape index (κ2) is 8.70. The largest absolute Gasteiger partial charge is 0.494 e. The van der Waals surface area contributed by atoms with Gasteiger partial charge in [-0.3, -0.25) is 22.9 Å². The average molecular weight is 458 g/mol. The second-order valence-corrected chi connectivity index (χ2v) is 8.37. The van der Waals surface area contributed by atoms with Crippen molar-refractivity contribution < 1.29 is 4.74 Å². The van der Waals surface area contributed by atoms with Crippen molar-refractivity contribution in [3.63, 3.8) is 0 Å². The lowest BCUT2D eigenvalue weighted by molar-refractivity contribution is 0.340. The zero-order chi connectivity index (χ0) is 23.8. The van der Waals surface area contributed by atoms with Crippen LogP contribution in [0, 0.1) is 6.92 Å². The standard InChI is InChI=1S/C26H27N5O3/c1-4-34-21-14-12-20(13-15-21)31-18(2)17-30-22-23(27-25(30)31)28(3)26(33)29(24(22)32)16-8-11-19-9-6-5-7-10-19/h5-7,9-10,12-15,17H,4,8,11,16H2,1-3H3. The van der Waals surface area contributed by atoms with Gasteiger partial charge in [-0.2, -0.15) is 4.98 Å². The Morgan fingerprint density at radius 3 is 2.44 bits per heavy atom. The van der Waals surface area contributed by atoms with Gasteiger partial charge in [0, 0.05) is 31.2 Å². The van der Waals surface area contributed by atoms with Crippen LogP contribution in [0.3, 0.4) is 0 Å². The number of imidazole rings is 2. The summed E-state index contributed by atoms with van der Waals surface area (Å²) in [6.45, 7) is 4.87. The van der Waals surface area contributed by atoms with Crippen LogP contribution in [-0.2, 0) is 20.0 Å². The maximum absolute atomic E-state index is 13.5. The maximum atomic E-state index is 13.5. The molecule has 0 atom stereocenters. The zero-order valence-electron chi connectivity index (χ0n) is 19.6. The average Bonchev–Trinajstić information content (AvgIpc) is 3.36. The third kappa shape index (κ3) is 3.61. The first-order valence-electron chi connectivity index (χ1n) is 11.5. The lowest BCUT2D eigenvalue weighted by Gasteiger charge is -2.08. The zero-order valence-corrected chi connectivity index (χ0v) is 19.6. The number of hydrogen-bond donors (Lipinski definition) is 0. The molecule has 5 rings (SSSR count). The molecule has 0 aliphatic rings. The lowest BCUT2D eigenvalue weighted by Crippen LogP contribution is -2.39. The molecule has 0 saturated heterocycles. The normalized spacial score (nSPS) is 11.5. The molecule has 0 bridgehead atoms. The van der Waals surface area contributed by atoms with Gasteiger partial charge in [0.1, 0.15) is 5.75 Å². The van der Waals surface area contributed by atoms with E-state index in [-0.39, 0.29) is 11.2 Å². The highest BCUT2D eigenvalue weighted by Gasteiger charge is 2.20. The molecule has 3 aromatic heterocycles. The number of aryl methyl sites for hydroxylation is 3. The van der Waals surface area contributed by atoms with E-state index < -0.39 is 0 Å². The molecule has 0 saturated carbocycles. The Morgan fingerprint density at radius 1 is 1.00 bits per heavy atom.